The van der Waals surface area contributed by atoms with Crippen LogP contribution >= 0.6 is 0 Å². The van der Waals surface area contributed by atoms with Crippen LogP contribution in [0.15, 0.2) is 54.6 Å². The van der Waals surface area contributed by atoms with Crippen LogP contribution in [0.5, 0.6) is 0 Å². The molecule has 0 radical (unpaired) electrons. The summed E-state index contributed by atoms with van der Waals surface area (Å²) in [4.78, 5) is 11.9. The molecule has 92 valence electrons. The Balaban J connectivity index is 2.11. The van der Waals surface area contributed by atoms with E-state index in [4.69, 9.17) is 0 Å². The molecule has 1 unspecified atom stereocenters. The molecule has 2 aromatic carbocycles. The second kappa shape index (κ2) is 5.56. The summed E-state index contributed by atoms with van der Waals surface area (Å²) < 4.78 is 13.4. The number of hydrogen-bond acceptors (Lipinski definition) is 2. The number of benzene rings is 2. The number of hydrogen-bond donors (Lipinski definition) is 1. The van der Waals surface area contributed by atoms with Gasteiger partial charge in [-0.1, -0.05) is 48.5 Å². The number of aliphatic hydroxyl groups is 1. The largest absolute Gasteiger partial charge is 0.388 e. The summed E-state index contributed by atoms with van der Waals surface area (Å²) in [5.74, 6) is -0.697. The maximum Gasteiger partial charge on any atom is 0.165 e. The SMILES string of the molecule is O=C(CC(O)c1ccccc1F)c1ccccc1. The van der Waals surface area contributed by atoms with Crippen LogP contribution in [-0.2, 0) is 0 Å². The third-order valence-corrected chi connectivity index (χ3v) is 2.74. The van der Waals surface area contributed by atoms with Crippen molar-refractivity contribution in [2.75, 3.05) is 0 Å². The summed E-state index contributed by atoms with van der Waals surface area (Å²) in [7, 11) is 0. The van der Waals surface area contributed by atoms with E-state index in [2.05, 4.69) is 0 Å². The molecule has 0 saturated carbocycles. The van der Waals surface area contributed by atoms with Crippen LogP contribution in [0, 0.1) is 5.82 Å². The molecule has 2 rings (SSSR count). The van der Waals surface area contributed by atoms with Crippen molar-refractivity contribution < 1.29 is 14.3 Å². The van der Waals surface area contributed by atoms with Gasteiger partial charge in [-0.25, -0.2) is 4.39 Å². The van der Waals surface area contributed by atoms with E-state index in [-0.39, 0.29) is 17.8 Å². The van der Waals surface area contributed by atoms with Crippen molar-refractivity contribution in [3.8, 4) is 0 Å². The Bertz CT molecular complexity index is 537. The molecule has 0 heterocycles. The first-order valence-corrected chi connectivity index (χ1v) is 5.69. The van der Waals surface area contributed by atoms with Crippen molar-refractivity contribution in [3.05, 3.63) is 71.5 Å². The van der Waals surface area contributed by atoms with Gasteiger partial charge in [-0.15, -0.1) is 0 Å². The molecule has 0 aliphatic rings. The van der Waals surface area contributed by atoms with Crippen molar-refractivity contribution in [1.29, 1.82) is 0 Å². The quantitative estimate of drug-likeness (QED) is 0.839. The van der Waals surface area contributed by atoms with Gasteiger partial charge in [0.05, 0.1) is 6.10 Å². The van der Waals surface area contributed by atoms with Crippen molar-refractivity contribution in [2.45, 2.75) is 12.5 Å². The van der Waals surface area contributed by atoms with Crippen LogP contribution in [0.3, 0.4) is 0 Å². The number of rotatable bonds is 4. The number of halogens is 1. The molecule has 0 fully saturated rings. The topological polar surface area (TPSA) is 37.3 Å². The highest BCUT2D eigenvalue weighted by Gasteiger charge is 2.17. The standard InChI is InChI=1S/C15H13FO2/c16-13-9-5-4-8-12(13)15(18)10-14(17)11-6-2-1-3-7-11/h1-9,15,18H,10H2. The van der Waals surface area contributed by atoms with Gasteiger partial charge in [0, 0.05) is 17.5 Å². The minimum atomic E-state index is -1.11. The zero-order valence-electron chi connectivity index (χ0n) is 9.71. The minimum absolute atomic E-state index is 0.120. The molecule has 0 amide bonds. The zero-order valence-corrected chi connectivity index (χ0v) is 9.71. The van der Waals surface area contributed by atoms with Gasteiger partial charge in [0.25, 0.3) is 0 Å². The van der Waals surface area contributed by atoms with Gasteiger partial charge in [-0.2, -0.15) is 0 Å². The molecule has 1 N–H and O–H groups in total. The monoisotopic (exact) mass is 244 g/mol. The first-order valence-electron chi connectivity index (χ1n) is 5.69. The van der Waals surface area contributed by atoms with Gasteiger partial charge in [0.15, 0.2) is 5.78 Å². The molecule has 3 heteroatoms. The third kappa shape index (κ3) is 2.81. The highest BCUT2D eigenvalue weighted by Crippen LogP contribution is 2.21. The summed E-state index contributed by atoms with van der Waals surface area (Å²) in [5, 5.41) is 9.87. The van der Waals surface area contributed by atoms with Crippen LogP contribution in [0.2, 0.25) is 0 Å². The van der Waals surface area contributed by atoms with E-state index in [0.29, 0.717) is 5.56 Å². The first kappa shape index (κ1) is 12.5. The summed E-state index contributed by atoms with van der Waals surface area (Å²) in [6, 6.07) is 14.6. The molecule has 0 aliphatic heterocycles. The van der Waals surface area contributed by atoms with Gasteiger partial charge < -0.3 is 5.11 Å². The second-order valence-corrected chi connectivity index (χ2v) is 4.03. The van der Waals surface area contributed by atoms with Crippen LogP contribution in [0.25, 0.3) is 0 Å². The van der Waals surface area contributed by atoms with Gasteiger partial charge in [0.2, 0.25) is 0 Å². The lowest BCUT2D eigenvalue weighted by Gasteiger charge is -2.11. The van der Waals surface area contributed by atoms with Crippen LogP contribution in [0.1, 0.15) is 28.4 Å². The molecule has 0 aromatic heterocycles. The number of Topliss-reactive ketones (excluding diaryl/α,β-unsaturated/α-hetero) is 1. The van der Waals surface area contributed by atoms with Gasteiger partial charge in [-0.05, 0) is 6.07 Å². The average molecular weight is 244 g/mol. The molecule has 2 aromatic rings. The van der Waals surface area contributed by atoms with Crippen LogP contribution in [-0.4, -0.2) is 10.9 Å². The van der Waals surface area contributed by atoms with Crippen molar-refractivity contribution >= 4 is 5.78 Å². The molecule has 2 nitrogen and oxygen atoms in total. The van der Waals surface area contributed by atoms with E-state index in [1.165, 1.54) is 12.1 Å². The van der Waals surface area contributed by atoms with E-state index in [1.807, 2.05) is 6.07 Å². The maximum atomic E-state index is 13.4. The lowest BCUT2D eigenvalue weighted by molar-refractivity contribution is 0.0875. The Kier molecular flexibility index (Phi) is 3.85. The molecule has 18 heavy (non-hydrogen) atoms. The van der Waals surface area contributed by atoms with Crippen molar-refractivity contribution in [3.63, 3.8) is 0 Å². The fourth-order valence-electron chi connectivity index (χ4n) is 1.77. The average Bonchev–Trinajstić information content (AvgIpc) is 2.40. The lowest BCUT2D eigenvalue weighted by Crippen LogP contribution is -2.08. The van der Waals surface area contributed by atoms with Gasteiger partial charge >= 0.3 is 0 Å². The van der Waals surface area contributed by atoms with E-state index < -0.39 is 11.9 Å². The molecular weight excluding hydrogens is 231 g/mol. The van der Waals surface area contributed by atoms with Gasteiger partial charge in [-0.3, -0.25) is 4.79 Å². The van der Waals surface area contributed by atoms with Crippen LogP contribution in [0.4, 0.5) is 4.39 Å². The second-order valence-electron chi connectivity index (χ2n) is 4.03. The molecule has 0 spiro atoms. The Morgan fingerprint density at radius 1 is 1.06 bits per heavy atom. The fraction of sp³-hybridized carbons (Fsp3) is 0.133. The number of ketones is 1. The number of carbonyl (C=O) groups excluding carboxylic acids is 1. The van der Waals surface area contributed by atoms with Crippen molar-refractivity contribution in [2.24, 2.45) is 0 Å². The Labute approximate surface area is 105 Å². The maximum absolute atomic E-state index is 13.4. The zero-order chi connectivity index (χ0) is 13.0. The molecule has 1 atom stereocenters. The number of carbonyl (C=O) groups is 1. The van der Waals surface area contributed by atoms with Crippen LogP contribution < -0.4 is 0 Å². The highest BCUT2D eigenvalue weighted by molar-refractivity contribution is 5.96. The summed E-state index contributed by atoms with van der Waals surface area (Å²) >= 11 is 0. The Morgan fingerprint density at radius 3 is 2.33 bits per heavy atom. The van der Waals surface area contributed by atoms with E-state index >= 15 is 0 Å². The Hall–Kier alpha value is -2.00. The van der Waals surface area contributed by atoms with E-state index in [9.17, 15) is 14.3 Å². The minimum Gasteiger partial charge on any atom is -0.388 e. The first-order chi connectivity index (χ1) is 8.68. The summed E-state index contributed by atoms with van der Waals surface area (Å²) in [6.45, 7) is 0. The van der Waals surface area contributed by atoms with Crippen molar-refractivity contribution in [1.82, 2.24) is 0 Å². The number of aliphatic hydroxyl groups excluding tert-OH is 1. The molecular formula is C15H13FO2. The fourth-order valence-corrected chi connectivity index (χ4v) is 1.77. The predicted octanol–water partition coefficient (Wildman–Crippen LogP) is 3.13. The normalized spacial score (nSPS) is 12.1. The van der Waals surface area contributed by atoms with Gasteiger partial charge in [0.1, 0.15) is 5.82 Å². The predicted molar refractivity (Wildman–Crippen MR) is 66.7 cm³/mol. The molecule has 0 bridgehead atoms. The lowest BCUT2D eigenvalue weighted by atomic mass is 10.00. The smallest absolute Gasteiger partial charge is 0.165 e. The van der Waals surface area contributed by atoms with E-state index in [0.717, 1.165) is 0 Å². The highest BCUT2D eigenvalue weighted by atomic mass is 19.1. The third-order valence-electron chi connectivity index (χ3n) is 2.74. The molecule has 0 saturated heterocycles. The Morgan fingerprint density at radius 2 is 1.67 bits per heavy atom. The molecule has 0 aliphatic carbocycles. The summed E-state index contributed by atoms with van der Waals surface area (Å²) in [5.41, 5.74) is 0.676. The summed E-state index contributed by atoms with van der Waals surface area (Å²) in [6.07, 6.45) is -1.23. The van der Waals surface area contributed by atoms with E-state index in [1.54, 1.807) is 36.4 Å².